The Kier molecular flexibility index (Phi) is 5.14. The molecule has 0 fully saturated rings. The van der Waals surface area contributed by atoms with E-state index in [1.165, 1.54) is 120 Å². The van der Waals surface area contributed by atoms with E-state index in [1.807, 2.05) is 0 Å². The van der Waals surface area contributed by atoms with Gasteiger partial charge in [-0.2, -0.15) is 0 Å². The van der Waals surface area contributed by atoms with Crippen molar-refractivity contribution in [2.24, 2.45) is 0 Å². The first-order chi connectivity index (χ1) is 26.3. The number of hydrogen-bond donors (Lipinski definition) is 0. The Morgan fingerprint density at radius 1 is 0.264 bits per heavy atom. The van der Waals surface area contributed by atoms with Crippen molar-refractivity contribution >= 4 is 64.6 Å². The summed E-state index contributed by atoms with van der Waals surface area (Å²) in [6.07, 6.45) is 0. The van der Waals surface area contributed by atoms with Crippen LogP contribution in [0.2, 0.25) is 0 Å². The third kappa shape index (κ3) is 3.25. The second-order valence-corrected chi connectivity index (χ2v) is 15.0. The SMILES string of the molecule is c1ccc2c(c1)-c1ccccc1C21c2cc(-c3ccc4ccc5cccc6ccc3c4c56)c3ccccc3c2-c2c1c1ccccc1c1ccccc21. The van der Waals surface area contributed by atoms with Gasteiger partial charge in [0.2, 0.25) is 0 Å². The minimum Gasteiger partial charge on any atom is -0.0619 e. The number of hydrogen-bond acceptors (Lipinski definition) is 0. The largest absolute Gasteiger partial charge is 0.0732 e. The maximum Gasteiger partial charge on any atom is 0.0732 e. The predicted molar refractivity (Wildman–Crippen MR) is 224 cm³/mol. The molecule has 0 bridgehead atoms. The highest BCUT2D eigenvalue weighted by atomic mass is 14.5. The van der Waals surface area contributed by atoms with Crippen molar-refractivity contribution in [3.63, 3.8) is 0 Å². The molecule has 11 aromatic rings. The fourth-order valence-corrected chi connectivity index (χ4v) is 10.9. The van der Waals surface area contributed by atoms with Gasteiger partial charge < -0.3 is 0 Å². The fourth-order valence-electron chi connectivity index (χ4n) is 10.9. The van der Waals surface area contributed by atoms with E-state index < -0.39 is 5.41 Å². The number of rotatable bonds is 1. The molecule has 0 N–H and O–H groups in total. The molecule has 11 aromatic carbocycles. The first-order valence-electron chi connectivity index (χ1n) is 18.7. The van der Waals surface area contributed by atoms with Crippen LogP contribution in [0.5, 0.6) is 0 Å². The van der Waals surface area contributed by atoms with Gasteiger partial charge in [-0.1, -0.05) is 176 Å². The molecule has 0 heterocycles. The summed E-state index contributed by atoms with van der Waals surface area (Å²) in [6.45, 7) is 0. The summed E-state index contributed by atoms with van der Waals surface area (Å²) in [4.78, 5) is 0. The van der Waals surface area contributed by atoms with Crippen LogP contribution in [0.4, 0.5) is 0 Å². The molecule has 0 aromatic heterocycles. The molecule has 0 heteroatoms. The highest BCUT2D eigenvalue weighted by Gasteiger charge is 2.53. The van der Waals surface area contributed by atoms with Gasteiger partial charge in [-0.15, -0.1) is 0 Å². The Labute approximate surface area is 306 Å². The van der Waals surface area contributed by atoms with E-state index in [4.69, 9.17) is 0 Å². The first-order valence-corrected chi connectivity index (χ1v) is 18.7. The van der Waals surface area contributed by atoms with Crippen LogP contribution in [0.15, 0.2) is 182 Å². The second kappa shape index (κ2) is 9.76. The van der Waals surface area contributed by atoms with Crippen molar-refractivity contribution in [1.82, 2.24) is 0 Å². The van der Waals surface area contributed by atoms with E-state index in [-0.39, 0.29) is 0 Å². The topological polar surface area (TPSA) is 0 Å². The van der Waals surface area contributed by atoms with Gasteiger partial charge in [0, 0.05) is 0 Å². The molecule has 53 heavy (non-hydrogen) atoms. The molecule has 0 atom stereocenters. The Morgan fingerprint density at radius 2 is 0.774 bits per heavy atom. The smallest absolute Gasteiger partial charge is 0.0619 e. The minimum absolute atomic E-state index is 0.496. The van der Waals surface area contributed by atoms with Gasteiger partial charge in [-0.3, -0.25) is 0 Å². The molecule has 0 saturated heterocycles. The standard InChI is InChI=1S/C53H30/c1-5-20-41-34(14-1)35-15-3-6-21-43(35)52-51(41)50-40-19-4-2-16-36(40)44(30-47(50)53(52)45-22-9-7-17-38(45)39-18-8-10-23-46(39)53)37-28-26-33-25-24-31-12-11-13-32-27-29-42(37)49(33)48(31)32/h1-30H. The van der Waals surface area contributed by atoms with Crippen LogP contribution in [0.25, 0.3) is 98.0 Å². The van der Waals surface area contributed by atoms with Crippen LogP contribution < -0.4 is 0 Å². The average molecular weight is 667 g/mol. The van der Waals surface area contributed by atoms with E-state index >= 15 is 0 Å². The maximum atomic E-state index is 2.60. The molecule has 0 aliphatic heterocycles. The lowest BCUT2D eigenvalue weighted by Gasteiger charge is -2.32. The normalized spacial score (nSPS) is 13.8. The molecular weight excluding hydrogens is 637 g/mol. The molecule has 1 spiro atoms. The monoisotopic (exact) mass is 666 g/mol. The lowest BCUT2D eigenvalue weighted by Crippen LogP contribution is -2.26. The number of benzene rings is 11. The van der Waals surface area contributed by atoms with Gasteiger partial charge in [-0.05, 0) is 126 Å². The summed E-state index contributed by atoms with van der Waals surface area (Å²) in [6, 6.07) is 69.1. The van der Waals surface area contributed by atoms with E-state index in [1.54, 1.807) is 0 Å². The highest BCUT2D eigenvalue weighted by molar-refractivity contribution is 6.28. The molecule has 0 saturated carbocycles. The van der Waals surface area contributed by atoms with Gasteiger partial charge in [0.25, 0.3) is 0 Å². The zero-order chi connectivity index (χ0) is 34.4. The van der Waals surface area contributed by atoms with Crippen molar-refractivity contribution in [2.45, 2.75) is 5.41 Å². The summed E-state index contributed by atoms with van der Waals surface area (Å²) in [5, 5.41) is 15.8. The molecule has 0 unspecified atom stereocenters. The summed E-state index contributed by atoms with van der Waals surface area (Å²) in [5.74, 6) is 0. The van der Waals surface area contributed by atoms with Gasteiger partial charge in [0.15, 0.2) is 0 Å². The Hall–Kier alpha value is -6.76. The lowest BCUT2D eigenvalue weighted by atomic mass is 9.68. The van der Waals surface area contributed by atoms with Gasteiger partial charge in [0.1, 0.15) is 0 Å². The molecular formula is C53H30. The van der Waals surface area contributed by atoms with Crippen LogP contribution in [0, 0.1) is 0 Å². The quantitative estimate of drug-likeness (QED) is 0.153. The zero-order valence-electron chi connectivity index (χ0n) is 28.8. The Balaban J connectivity index is 1.28. The van der Waals surface area contributed by atoms with E-state index in [2.05, 4.69) is 182 Å². The Bertz CT molecular complexity index is 3340. The van der Waals surface area contributed by atoms with Crippen molar-refractivity contribution in [2.75, 3.05) is 0 Å². The van der Waals surface area contributed by atoms with Gasteiger partial charge in [-0.25, -0.2) is 0 Å². The third-order valence-electron chi connectivity index (χ3n) is 12.8. The predicted octanol–water partition coefficient (Wildman–Crippen LogP) is 14.1. The van der Waals surface area contributed by atoms with E-state index in [0.717, 1.165) is 0 Å². The molecule has 0 radical (unpaired) electrons. The highest BCUT2D eigenvalue weighted by Crippen LogP contribution is 2.67. The summed E-state index contributed by atoms with van der Waals surface area (Å²) in [7, 11) is 0. The molecule has 13 rings (SSSR count). The van der Waals surface area contributed by atoms with Crippen LogP contribution in [-0.4, -0.2) is 0 Å². The lowest BCUT2D eigenvalue weighted by molar-refractivity contribution is 0.803. The Morgan fingerprint density at radius 3 is 1.47 bits per heavy atom. The van der Waals surface area contributed by atoms with Gasteiger partial charge >= 0.3 is 0 Å². The van der Waals surface area contributed by atoms with Crippen molar-refractivity contribution in [1.29, 1.82) is 0 Å². The molecule has 2 aliphatic carbocycles. The summed E-state index contributed by atoms with van der Waals surface area (Å²) < 4.78 is 0. The van der Waals surface area contributed by atoms with Crippen LogP contribution >= 0.6 is 0 Å². The summed E-state index contributed by atoms with van der Waals surface area (Å²) in [5.41, 5.74) is 13.0. The molecule has 242 valence electrons. The summed E-state index contributed by atoms with van der Waals surface area (Å²) >= 11 is 0. The second-order valence-electron chi connectivity index (χ2n) is 15.0. The van der Waals surface area contributed by atoms with Crippen molar-refractivity contribution in [3.05, 3.63) is 204 Å². The van der Waals surface area contributed by atoms with Crippen LogP contribution in [-0.2, 0) is 5.41 Å². The fraction of sp³-hybridized carbons (Fsp3) is 0.0189. The average Bonchev–Trinajstić information content (AvgIpc) is 3.71. The van der Waals surface area contributed by atoms with Gasteiger partial charge in [0.05, 0.1) is 5.41 Å². The maximum absolute atomic E-state index is 2.60. The first kappa shape index (κ1) is 27.9. The molecule has 0 amide bonds. The van der Waals surface area contributed by atoms with Crippen LogP contribution in [0.3, 0.4) is 0 Å². The molecule has 0 nitrogen and oxygen atoms in total. The minimum atomic E-state index is -0.496. The van der Waals surface area contributed by atoms with Crippen molar-refractivity contribution in [3.8, 4) is 33.4 Å². The number of fused-ring (bicyclic) bond motifs is 17. The molecule has 2 aliphatic rings. The van der Waals surface area contributed by atoms with Crippen molar-refractivity contribution < 1.29 is 0 Å². The van der Waals surface area contributed by atoms with E-state index in [9.17, 15) is 0 Å². The zero-order valence-corrected chi connectivity index (χ0v) is 28.8. The third-order valence-corrected chi connectivity index (χ3v) is 12.8. The van der Waals surface area contributed by atoms with Crippen LogP contribution in [0.1, 0.15) is 22.3 Å². The van der Waals surface area contributed by atoms with E-state index in [0.29, 0.717) is 0 Å².